The summed E-state index contributed by atoms with van der Waals surface area (Å²) < 4.78 is 31.6. The smallest absolute Gasteiger partial charge is 0.337 e. The summed E-state index contributed by atoms with van der Waals surface area (Å²) in [5.74, 6) is -1.03. The third-order valence-corrected chi connectivity index (χ3v) is 3.47. The molecule has 0 spiro atoms. The van der Waals surface area contributed by atoms with Crippen LogP contribution in [0.25, 0.3) is 0 Å². The fraction of sp³-hybridized carbons (Fsp3) is 0.235. The predicted octanol–water partition coefficient (Wildman–Crippen LogP) is 3.73. The van der Waals surface area contributed by atoms with E-state index in [9.17, 15) is 13.6 Å². The average molecular weight is 305 g/mol. The van der Waals surface area contributed by atoms with Gasteiger partial charge in [0, 0.05) is 12.2 Å². The lowest BCUT2D eigenvalue weighted by molar-refractivity contribution is 0.0601. The van der Waals surface area contributed by atoms with E-state index in [2.05, 4.69) is 11.3 Å². The Morgan fingerprint density at radius 1 is 1.50 bits per heavy atom. The molecule has 116 valence electrons. The van der Waals surface area contributed by atoms with E-state index in [0.717, 1.165) is 17.7 Å². The molecule has 0 saturated heterocycles. The number of allylic oxidation sites excluding steroid dienone is 5. The van der Waals surface area contributed by atoms with E-state index < -0.39 is 18.5 Å². The van der Waals surface area contributed by atoms with Crippen LogP contribution in [0.5, 0.6) is 0 Å². The standard InChI is InChI=1S/C17H17F2NO2/c1-3-4-14(19)10-15(11-18)20-8-7-12-5-6-13(9-16(12)20)17(21)22-2/h3-6,9-10H,1,7-8,11H2,2H3/b14-4+,15-10+. The second-order valence-electron chi connectivity index (χ2n) is 4.79. The quantitative estimate of drug-likeness (QED) is 0.613. The molecule has 1 aliphatic heterocycles. The van der Waals surface area contributed by atoms with E-state index >= 15 is 0 Å². The molecule has 0 atom stereocenters. The van der Waals surface area contributed by atoms with Gasteiger partial charge in [0.25, 0.3) is 0 Å². The second-order valence-corrected chi connectivity index (χ2v) is 4.79. The Labute approximate surface area is 128 Å². The van der Waals surface area contributed by atoms with E-state index in [0.29, 0.717) is 24.2 Å². The van der Waals surface area contributed by atoms with Crippen LogP contribution in [0.15, 0.2) is 54.5 Å². The van der Waals surface area contributed by atoms with Gasteiger partial charge in [-0.2, -0.15) is 0 Å². The van der Waals surface area contributed by atoms with Gasteiger partial charge in [0.1, 0.15) is 12.5 Å². The van der Waals surface area contributed by atoms with Crippen LogP contribution in [0.3, 0.4) is 0 Å². The fourth-order valence-corrected chi connectivity index (χ4v) is 2.43. The molecule has 0 N–H and O–H groups in total. The lowest BCUT2D eigenvalue weighted by Crippen LogP contribution is -2.21. The van der Waals surface area contributed by atoms with Crippen LogP contribution in [0, 0.1) is 0 Å². The topological polar surface area (TPSA) is 29.5 Å². The van der Waals surface area contributed by atoms with Crippen LogP contribution in [0.2, 0.25) is 0 Å². The van der Waals surface area contributed by atoms with Gasteiger partial charge in [-0.25, -0.2) is 13.6 Å². The SMILES string of the molecule is C=C/C=C(F)\C=C(/CF)N1CCc2ccc(C(=O)OC)cc21. The zero-order chi connectivity index (χ0) is 16.1. The van der Waals surface area contributed by atoms with Gasteiger partial charge in [0.05, 0.1) is 18.4 Å². The van der Waals surface area contributed by atoms with Crippen molar-refractivity contribution >= 4 is 11.7 Å². The van der Waals surface area contributed by atoms with Crippen molar-refractivity contribution in [3.63, 3.8) is 0 Å². The third-order valence-electron chi connectivity index (χ3n) is 3.47. The number of benzene rings is 1. The van der Waals surface area contributed by atoms with Crippen LogP contribution >= 0.6 is 0 Å². The summed E-state index contributed by atoms with van der Waals surface area (Å²) >= 11 is 0. The number of fused-ring (bicyclic) bond motifs is 1. The molecule has 2 rings (SSSR count). The first-order valence-electron chi connectivity index (χ1n) is 6.84. The number of alkyl halides is 1. The van der Waals surface area contributed by atoms with Crippen LogP contribution < -0.4 is 4.90 Å². The van der Waals surface area contributed by atoms with Crippen molar-refractivity contribution < 1.29 is 18.3 Å². The van der Waals surface area contributed by atoms with Crippen molar-refractivity contribution in [1.29, 1.82) is 0 Å². The number of halogens is 2. The third kappa shape index (κ3) is 3.24. The predicted molar refractivity (Wildman–Crippen MR) is 82.3 cm³/mol. The first kappa shape index (κ1) is 15.9. The minimum atomic E-state index is -0.805. The van der Waals surface area contributed by atoms with Crippen LogP contribution in [0.4, 0.5) is 14.5 Å². The monoisotopic (exact) mass is 305 g/mol. The minimum absolute atomic E-state index is 0.205. The lowest BCUT2D eigenvalue weighted by Gasteiger charge is -2.21. The normalized spacial score (nSPS) is 14.8. The lowest BCUT2D eigenvalue weighted by atomic mass is 10.1. The summed E-state index contributed by atoms with van der Waals surface area (Å²) in [6.45, 7) is 3.14. The summed E-state index contributed by atoms with van der Waals surface area (Å²) in [5.41, 5.74) is 2.28. The molecule has 1 aromatic rings. The largest absolute Gasteiger partial charge is 0.465 e. The molecule has 0 aliphatic carbocycles. The molecular weight excluding hydrogens is 288 g/mol. The number of nitrogens with zero attached hydrogens (tertiary/aromatic N) is 1. The molecule has 0 unspecified atom stereocenters. The van der Waals surface area contributed by atoms with Gasteiger partial charge in [-0.1, -0.05) is 18.7 Å². The average Bonchev–Trinajstić information content (AvgIpc) is 2.95. The summed E-state index contributed by atoms with van der Waals surface area (Å²) in [6, 6.07) is 5.13. The molecule has 0 amide bonds. The zero-order valence-electron chi connectivity index (χ0n) is 12.3. The maximum atomic E-state index is 13.6. The Balaban J connectivity index is 2.39. The number of methoxy groups -OCH3 is 1. The maximum absolute atomic E-state index is 13.6. The molecule has 0 saturated carbocycles. The summed E-state index contributed by atoms with van der Waals surface area (Å²) in [4.78, 5) is 13.3. The summed E-state index contributed by atoms with van der Waals surface area (Å²) in [7, 11) is 1.30. The maximum Gasteiger partial charge on any atom is 0.337 e. The van der Waals surface area contributed by atoms with Crippen molar-refractivity contribution in [3.05, 3.63) is 65.7 Å². The number of esters is 1. The number of anilines is 1. The number of rotatable bonds is 5. The molecular formula is C17H17F2NO2. The van der Waals surface area contributed by atoms with E-state index in [1.165, 1.54) is 13.2 Å². The van der Waals surface area contributed by atoms with Crippen molar-refractivity contribution in [1.82, 2.24) is 0 Å². The van der Waals surface area contributed by atoms with E-state index in [1.54, 1.807) is 17.0 Å². The second kappa shape index (κ2) is 7.02. The van der Waals surface area contributed by atoms with Gasteiger partial charge in [-0.15, -0.1) is 0 Å². The highest BCUT2D eigenvalue weighted by atomic mass is 19.1. The Bertz CT molecular complexity index is 650. The number of carbonyl (C=O) groups is 1. The fourth-order valence-electron chi connectivity index (χ4n) is 2.43. The van der Waals surface area contributed by atoms with Crippen molar-refractivity contribution in [3.8, 4) is 0 Å². The number of hydrogen-bond acceptors (Lipinski definition) is 3. The van der Waals surface area contributed by atoms with Crippen molar-refractivity contribution in [2.45, 2.75) is 6.42 Å². The molecule has 5 heteroatoms. The highest BCUT2D eigenvalue weighted by Gasteiger charge is 2.23. The number of carbonyl (C=O) groups excluding carboxylic acids is 1. The number of ether oxygens (including phenoxy) is 1. The van der Waals surface area contributed by atoms with Crippen molar-refractivity contribution in [2.75, 3.05) is 25.2 Å². The van der Waals surface area contributed by atoms with Crippen molar-refractivity contribution in [2.24, 2.45) is 0 Å². The highest BCUT2D eigenvalue weighted by Crippen LogP contribution is 2.32. The summed E-state index contributed by atoms with van der Waals surface area (Å²) in [5, 5.41) is 0. The molecule has 0 bridgehead atoms. The van der Waals surface area contributed by atoms with Crippen LogP contribution in [-0.2, 0) is 11.2 Å². The number of hydrogen-bond donors (Lipinski definition) is 0. The van der Waals surface area contributed by atoms with E-state index in [1.807, 2.05) is 6.07 Å². The Morgan fingerprint density at radius 2 is 2.27 bits per heavy atom. The van der Waals surface area contributed by atoms with Gasteiger partial charge in [0.2, 0.25) is 0 Å². The molecule has 1 aromatic carbocycles. The Morgan fingerprint density at radius 3 is 2.91 bits per heavy atom. The van der Waals surface area contributed by atoms with Gasteiger partial charge in [0.15, 0.2) is 0 Å². The molecule has 0 fully saturated rings. The van der Waals surface area contributed by atoms with E-state index in [-0.39, 0.29) is 5.70 Å². The molecule has 0 radical (unpaired) electrons. The van der Waals surface area contributed by atoms with Gasteiger partial charge >= 0.3 is 5.97 Å². The highest BCUT2D eigenvalue weighted by molar-refractivity contribution is 5.91. The van der Waals surface area contributed by atoms with E-state index in [4.69, 9.17) is 0 Å². The van der Waals surface area contributed by atoms with Crippen LogP contribution in [-0.4, -0.2) is 26.3 Å². The molecule has 22 heavy (non-hydrogen) atoms. The van der Waals surface area contributed by atoms with Gasteiger partial charge < -0.3 is 9.64 Å². The molecule has 1 aliphatic rings. The Hall–Kier alpha value is -2.43. The first-order chi connectivity index (χ1) is 10.6. The van der Waals surface area contributed by atoms with Crippen LogP contribution in [0.1, 0.15) is 15.9 Å². The van der Waals surface area contributed by atoms with Gasteiger partial charge in [-0.3, -0.25) is 0 Å². The molecule has 0 aromatic heterocycles. The zero-order valence-corrected chi connectivity index (χ0v) is 12.3. The summed E-state index contributed by atoms with van der Waals surface area (Å²) in [6.07, 6.45) is 4.31. The molecule has 1 heterocycles. The first-order valence-corrected chi connectivity index (χ1v) is 6.84. The Kier molecular flexibility index (Phi) is 5.09. The van der Waals surface area contributed by atoms with Gasteiger partial charge in [-0.05, 0) is 36.3 Å². The molecule has 3 nitrogen and oxygen atoms in total. The minimum Gasteiger partial charge on any atom is -0.465 e.